The molecule has 1 aromatic rings. The van der Waals surface area contributed by atoms with Gasteiger partial charge in [0.05, 0.1) is 12.7 Å². The average Bonchev–Trinajstić information content (AvgIpc) is 2.57. The second-order valence-corrected chi connectivity index (χ2v) is 4.09. The highest BCUT2D eigenvalue weighted by molar-refractivity contribution is 5.23. The number of ether oxygens (including phenoxy) is 1. The Morgan fingerprint density at radius 1 is 1.71 bits per heavy atom. The summed E-state index contributed by atoms with van der Waals surface area (Å²) in [5.41, 5.74) is 4.68. The molecule has 0 aromatic carbocycles. The van der Waals surface area contributed by atoms with Crippen LogP contribution in [-0.4, -0.2) is 33.5 Å². The molecular formula is C10H14FN3O3. The van der Waals surface area contributed by atoms with Gasteiger partial charge in [0.1, 0.15) is 5.82 Å². The van der Waals surface area contributed by atoms with E-state index in [0.717, 1.165) is 4.57 Å². The molecule has 0 aliphatic carbocycles. The fourth-order valence-electron chi connectivity index (χ4n) is 1.89. The van der Waals surface area contributed by atoms with E-state index >= 15 is 0 Å². The molecule has 0 saturated carbocycles. The summed E-state index contributed by atoms with van der Waals surface area (Å²) >= 11 is 0. The predicted octanol–water partition coefficient (Wildman–Crippen LogP) is -0.311. The molecule has 1 saturated heterocycles. The van der Waals surface area contributed by atoms with Crippen LogP contribution in [0.2, 0.25) is 0 Å². The van der Waals surface area contributed by atoms with E-state index in [1.54, 1.807) is 6.92 Å². The van der Waals surface area contributed by atoms with E-state index in [4.69, 9.17) is 15.6 Å². The van der Waals surface area contributed by atoms with Gasteiger partial charge in [-0.05, 0) is 6.07 Å². The fraction of sp³-hybridized carbons (Fsp3) is 0.600. The van der Waals surface area contributed by atoms with Crippen molar-refractivity contribution in [2.75, 3.05) is 12.3 Å². The summed E-state index contributed by atoms with van der Waals surface area (Å²) < 4.78 is 20.3. The quantitative estimate of drug-likeness (QED) is 0.743. The molecule has 4 atom stereocenters. The topological polar surface area (TPSA) is 90.4 Å². The zero-order valence-corrected chi connectivity index (χ0v) is 9.28. The molecule has 17 heavy (non-hydrogen) atoms. The van der Waals surface area contributed by atoms with Gasteiger partial charge in [0.15, 0.2) is 12.4 Å². The van der Waals surface area contributed by atoms with Gasteiger partial charge in [0.2, 0.25) is 0 Å². The fourth-order valence-corrected chi connectivity index (χ4v) is 1.89. The lowest BCUT2D eigenvalue weighted by Gasteiger charge is -2.15. The van der Waals surface area contributed by atoms with E-state index in [9.17, 15) is 9.18 Å². The van der Waals surface area contributed by atoms with E-state index in [-0.39, 0.29) is 12.4 Å². The van der Waals surface area contributed by atoms with Crippen molar-refractivity contribution in [2.24, 2.45) is 5.92 Å². The number of nitrogens with zero attached hydrogens (tertiary/aromatic N) is 2. The summed E-state index contributed by atoms with van der Waals surface area (Å²) in [6, 6.07) is 1.40. The lowest BCUT2D eigenvalue weighted by molar-refractivity contribution is -0.0418. The first-order valence-electron chi connectivity index (χ1n) is 5.29. The number of hydrogen-bond donors (Lipinski definition) is 2. The normalized spacial score (nSPS) is 32.9. The Morgan fingerprint density at radius 2 is 2.41 bits per heavy atom. The van der Waals surface area contributed by atoms with Gasteiger partial charge in [0.25, 0.3) is 0 Å². The van der Waals surface area contributed by atoms with Crippen molar-refractivity contribution in [3.05, 3.63) is 22.7 Å². The highest BCUT2D eigenvalue weighted by atomic mass is 19.1. The Labute approximate surface area is 96.8 Å². The van der Waals surface area contributed by atoms with Gasteiger partial charge in [-0.2, -0.15) is 4.98 Å². The third-order valence-electron chi connectivity index (χ3n) is 2.98. The molecule has 7 heteroatoms. The van der Waals surface area contributed by atoms with Gasteiger partial charge < -0.3 is 15.6 Å². The predicted molar refractivity (Wildman–Crippen MR) is 58.0 cm³/mol. The number of aromatic nitrogens is 2. The Hall–Kier alpha value is -1.47. The minimum absolute atomic E-state index is 0.0754. The monoisotopic (exact) mass is 243 g/mol. The summed E-state index contributed by atoms with van der Waals surface area (Å²) in [7, 11) is 0. The van der Waals surface area contributed by atoms with Gasteiger partial charge in [-0.1, -0.05) is 6.92 Å². The average molecular weight is 243 g/mol. The molecule has 0 amide bonds. The van der Waals surface area contributed by atoms with Crippen LogP contribution in [0.4, 0.5) is 10.2 Å². The third kappa shape index (κ3) is 2.03. The van der Waals surface area contributed by atoms with Crippen LogP contribution >= 0.6 is 0 Å². The molecule has 0 radical (unpaired) electrons. The van der Waals surface area contributed by atoms with Crippen molar-refractivity contribution in [2.45, 2.75) is 25.4 Å². The number of aliphatic hydroxyl groups is 1. The van der Waals surface area contributed by atoms with Gasteiger partial charge in [0, 0.05) is 12.1 Å². The maximum atomic E-state index is 13.9. The molecule has 1 aromatic heterocycles. The van der Waals surface area contributed by atoms with E-state index in [2.05, 4.69) is 4.98 Å². The van der Waals surface area contributed by atoms with Crippen LogP contribution in [0.15, 0.2) is 17.1 Å². The molecule has 4 unspecified atom stereocenters. The zero-order chi connectivity index (χ0) is 12.6. The van der Waals surface area contributed by atoms with E-state index < -0.39 is 30.1 Å². The lowest BCUT2D eigenvalue weighted by Crippen LogP contribution is -2.31. The molecule has 2 rings (SSSR count). The first-order chi connectivity index (χ1) is 8.04. The molecule has 6 nitrogen and oxygen atoms in total. The number of anilines is 1. The number of rotatable bonds is 2. The van der Waals surface area contributed by atoms with Crippen LogP contribution < -0.4 is 11.4 Å². The van der Waals surface area contributed by atoms with Gasteiger partial charge in [-0.15, -0.1) is 0 Å². The van der Waals surface area contributed by atoms with Crippen LogP contribution in [0.1, 0.15) is 13.2 Å². The summed E-state index contributed by atoms with van der Waals surface area (Å²) in [6.07, 6.45) is -1.69. The smallest absolute Gasteiger partial charge is 0.351 e. The number of hydrogen-bond acceptors (Lipinski definition) is 5. The Kier molecular flexibility index (Phi) is 3.12. The van der Waals surface area contributed by atoms with E-state index in [0.29, 0.717) is 0 Å². The minimum Gasteiger partial charge on any atom is -0.394 e. The molecule has 1 aliphatic heterocycles. The van der Waals surface area contributed by atoms with Crippen LogP contribution in [0.3, 0.4) is 0 Å². The maximum Gasteiger partial charge on any atom is 0.351 e. The summed E-state index contributed by atoms with van der Waals surface area (Å²) in [5.74, 6) is -0.402. The number of nitrogen functional groups attached to an aromatic ring is 1. The van der Waals surface area contributed by atoms with Crippen molar-refractivity contribution in [3.63, 3.8) is 0 Å². The highest BCUT2D eigenvalue weighted by Crippen LogP contribution is 2.34. The Bertz CT molecular complexity index is 464. The molecule has 2 heterocycles. The van der Waals surface area contributed by atoms with Crippen LogP contribution in [0.25, 0.3) is 0 Å². The standard InChI is InChI=1S/C10H14FN3O3/c1-5-6(4-15)17-9(8(5)11)14-3-2-7(12)13-10(14)16/h2-3,5-6,8-9,15H,4H2,1H3,(H2,12,13,16). The molecule has 1 aliphatic rings. The van der Waals surface area contributed by atoms with Gasteiger partial charge in [-0.3, -0.25) is 4.57 Å². The van der Waals surface area contributed by atoms with Crippen LogP contribution in [-0.2, 0) is 4.74 Å². The van der Waals surface area contributed by atoms with Gasteiger partial charge in [-0.25, -0.2) is 9.18 Å². The van der Waals surface area contributed by atoms with Crippen molar-refractivity contribution in [3.8, 4) is 0 Å². The van der Waals surface area contributed by atoms with Crippen LogP contribution in [0.5, 0.6) is 0 Å². The van der Waals surface area contributed by atoms with Crippen molar-refractivity contribution < 1.29 is 14.2 Å². The first-order valence-corrected chi connectivity index (χ1v) is 5.29. The summed E-state index contributed by atoms with van der Waals surface area (Å²) in [5, 5.41) is 9.02. The van der Waals surface area contributed by atoms with Crippen molar-refractivity contribution >= 4 is 5.82 Å². The lowest BCUT2D eigenvalue weighted by atomic mass is 10.0. The molecule has 0 spiro atoms. The maximum absolute atomic E-state index is 13.9. The number of alkyl halides is 1. The SMILES string of the molecule is CC1C(CO)OC(n2ccc(N)nc2=O)C1F. The molecule has 0 bridgehead atoms. The zero-order valence-electron chi connectivity index (χ0n) is 9.28. The third-order valence-corrected chi connectivity index (χ3v) is 2.98. The molecule has 1 fully saturated rings. The van der Waals surface area contributed by atoms with E-state index in [1.807, 2.05) is 0 Å². The summed E-state index contributed by atoms with van der Waals surface area (Å²) in [4.78, 5) is 15.0. The number of aliphatic hydroxyl groups excluding tert-OH is 1. The molecular weight excluding hydrogens is 229 g/mol. The van der Waals surface area contributed by atoms with Crippen molar-refractivity contribution in [1.29, 1.82) is 0 Å². The Morgan fingerprint density at radius 3 is 2.94 bits per heavy atom. The van der Waals surface area contributed by atoms with Crippen molar-refractivity contribution in [1.82, 2.24) is 9.55 Å². The number of nitrogens with two attached hydrogens (primary N) is 1. The minimum atomic E-state index is -1.37. The largest absolute Gasteiger partial charge is 0.394 e. The highest BCUT2D eigenvalue weighted by Gasteiger charge is 2.43. The van der Waals surface area contributed by atoms with Gasteiger partial charge >= 0.3 is 5.69 Å². The second-order valence-electron chi connectivity index (χ2n) is 4.09. The summed E-state index contributed by atoms with van der Waals surface area (Å²) in [6.45, 7) is 1.34. The number of halogens is 1. The molecule has 3 N–H and O–H groups in total. The molecule has 94 valence electrons. The first kappa shape index (κ1) is 12.0. The Balaban J connectivity index is 2.32. The second kappa shape index (κ2) is 4.42. The van der Waals surface area contributed by atoms with Crippen LogP contribution in [0, 0.1) is 5.92 Å². The van der Waals surface area contributed by atoms with E-state index in [1.165, 1.54) is 12.3 Å².